The normalized spacial score (nSPS) is 15.2. The third-order valence-corrected chi connectivity index (χ3v) is 3.00. The van der Waals surface area contributed by atoms with Crippen LogP contribution in [0.15, 0.2) is 0 Å². The van der Waals surface area contributed by atoms with Crippen molar-refractivity contribution in [2.75, 3.05) is 39.8 Å². The van der Waals surface area contributed by atoms with E-state index in [1.807, 2.05) is 0 Å². The molecule has 2 N–H and O–H groups in total. The first-order valence-electron chi connectivity index (χ1n) is 6.50. The molecule has 0 aliphatic heterocycles. The van der Waals surface area contributed by atoms with Crippen molar-refractivity contribution >= 4 is 5.91 Å². The monoisotopic (exact) mass is 301 g/mol. The van der Waals surface area contributed by atoms with E-state index in [1.165, 1.54) is 18.9 Å². The van der Waals surface area contributed by atoms with Crippen molar-refractivity contribution < 1.29 is 22.4 Å². The smallest absolute Gasteiger partial charge is 0.339 e. The van der Waals surface area contributed by atoms with E-state index >= 15 is 0 Å². The maximum absolute atomic E-state index is 13.8. The van der Waals surface area contributed by atoms with Gasteiger partial charge in [-0.05, 0) is 20.5 Å². The number of alkyl halides is 4. The first-order chi connectivity index (χ1) is 9.12. The van der Waals surface area contributed by atoms with Gasteiger partial charge >= 0.3 is 6.18 Å². The third-order valence-electron chi connectivity index (χ3n) is 3.00. The van der Waals surface area contributed by atoms with Crippen molar-refractivity contribution in [2.24, 2.45) is 11.7 Å². The Balaban J connectivity index is 4.38. The van der Waals surface area contributed by atoms with E-state index in [0.29, 0.717) is 0 Å². The molecule has 0 rings (SSSR count). The zero-order chi connectivity index (χ0) is 15.9. The van der Waals surface area contributed by atoms with Gasteiger partial charge in [0.25, 0.3) is 5.91 Å². The molecule has 0 saturated heterocycles. The summed E-state index contributed by atoms with van der Waals surface area (Å²) in [6, 6.07) is 0. The summed E-state index contributed by atoms with van der Waals surface area (Å²) in [4.78, 5) is 14.1. The lowest BCUT2D eigenvalue weighted by Crippen LogP contribution is -2.45. The average Bonchev–Trinajstić information content (AvgIpc) is 2.35. The van der Waals surface area contributed by atoms with Crippen molar-refractivity contribution in [3.8, 4) is 0 Å². The van der Waals surface area contributed by atoms with E-state index in [0.717, 1.165) is 4.90 Å². The van der Waals surface area contributed by atoms with Gasteiger partial charge in [-0.1, -0.05) is 6.92 Å². The van der Waals surface area contributed by atoms with Gasteiger partial charge in [-0.2, -0.15) is 13.2 Å². The molecule has 0 bridgehead atoms. The van der Waals surface area contributed by atoms with E-state index in [9.17, 15) is 22.4 Å². The summed E-state index contributed by atoms with van der Waals surface area (Å²) in [5.74, 6) is -1.32. The van der Waals surface area contributed by atoms with Gasteiger partial charge in [-0.25, -0.2) is 4.39 Å². The molecular formula is C12H23F4N3O. The molecule has 0 aliphatic rings. The standard InChI is InChI=1S/C12H23F4N3O/c1-4-19(11(20)10(13)9(2)7-17)6-5-18(3)8-12(14,15)16/h9-10H,4-8,17H2,1-3H3. The molecule has 2 atom stereocenters. The van der Waals surface area contributed by atoms with Crippen LogP contribution in [-0.4, -0.2) is 67.8 Å². The van der Waals surface area contributed by atoms with Gasteiger partial charge in [0.1, 0.15) is 0 Å². The molecule has 0 aliphatic carbocycles. The molecule has 0 aromatic heterocycles. The average molecular weight is 301 g/mol. The molecule has 20 heavy (non-hydrogen) atoms. The van der Waals surface area contributed by atoms with Crippen LogP contribution < -0.4 is 5.73 Å². The van der Waals surface area contributed by atoms with Crippen LogP contribution in [0, 0.1) is 5.92 Å². The number of hydrogen-bond acceptors (Lipinski definition) is 3. The van der Waals surface area contributed by atoms with E-state index in [-0.39, 0.29) is 26.2 Å². The number of hydrogen-bond donors (Lipinski definition) is 1. The van der Waals surface area contributed by atoms with Crippen LogP contribution in [0.4, 0.5) is 17.6 Å². The Labute approximate surface area is 116 Å². The summed E-state index contributed by atoms with van der Waals surface area (Å²) in [5, 5.41) is 0. The van der Waals surface area contributed by atoms with Crippen molar-refractivity contribution in [1.82, 2.24) is 9.80 Å². The maximum atomic E-state index is 13.8. The van der Waals surface area contributed by atoms with E-state index < -0.39 is 30.7 Å². The number of carbonyl (C=O) groups is 1. The Morgan fingerprint density at radius 1 is 1.30 bits per heavy atom. The van der Waals surface area contributed by atoms with Gasteiger partial charge < -0.3 is 10.6 Å². The van der Waals surface area contributed by atoms with Crippen molar-refractivity contribution in [1.29, 1.82) is 0 Å². The first-order valence-corrected chi connectivity index (χ1v) is 6.50. The van der Waals surface area contributed by atoms with Crippen LogP contribution in [0.2, 0.25) is 0 Å². The molecule has 0 fully saturated rings. The number of amides is 1. The molecule has 0 spiro atoms. The lowest BCUT2D eigenvalue weighted by Gasteiger charge is -2.27. The molecule has 1 amide bonds. The van der Waals surface area contributed by atoms with Gasteiger partial charge in [0, 0.05) is 25.6 Å². The number of carbonyl (C=O) groups excluding carboxylic acids is 1. The summed E-state index contributed by atoms with van der Waals surface area (Å²) in [6.07, 6.45) is -6.00. The lowest BCUT2D eigenvalue weighted by molar-refractivity contribution is -0.145. The fourth-order valence-corrected chi connectivity index (χ4v) is 1.64. The van der Waals surface area contributed by atoms with Crippen LogP contribution in [0.1, 0.15) is 13.8 Å². The van der Waals surface area contributed by atoms with Crippen LogP contribution in [0.3, 0.4) is 0 Å². The Bertz CT molecular complexity index is 299. The minimum absolute atomic E-state index is 0.0306. The lowest BCUT2D eigenvalue weighted by atomic mass is 10.1. The largest absolute Gasteiger partial charge is 0.401 e. The van der Waals surface area contributed by atoms with Crippen molar-refractivity contribution in [2.45, 2.75) is 26.2 Å². The first kappa shape index (κ1) is 19.1. The predicted octanol–water partition coefficient (Wildman–Crippen LogP) is 1.26. The van der Waals surface area contributed by atoms with E-state index in [1.54, 1.807) is 6.92 Å². The highest BCUT2D eigenvalue weighted by Crippen LogP contribution is 2.15. The van der Waals surface area contributed by atoms with Crippen LogP contribution in [0.5, 0.6) is 0 Å². The Hall–Kier alpha value is -0.890. The summed E-state index contributed by atoms with van der Waals surface area (Å²) < 4.78 is 50.2. The Morgan fingerprint density at radius 2 is 1.85 bits per heavy atom. The predicted molar refractivity (Wildman–Crippen MR) is 68.9 cm³/mol. The molecular weight excluding hydrogens is 278 g/mol. The SMILES string of the molecule is CCN(CCN(C)CC(F)(F)F)C(=O)C(F)C(C)CN. The van der Waals surface area contributed by atoms with Gasteiger partial charge in [0.15, 0.2) is 6.17 Å². The van der Waals surface area contributed by atoms with Gasteiger partial charge in [-0.3, -0.25) is 9.69 Å². The maximum Gasteiger partial charge on any atom is 0.401 e. The number of halogens is 4. The molecule has 2 unspecified atom stereocenters. The van der Waals surface area contributed by atoms with E-state index in [4.69, 9.17) is 5.73 Å². The zero-order valence-corrected chi connectivity index (χ0v) is 12.1. The Morgan fingerprint density at radius 3 is 2.25 bits per heavy atom. The number of nitrogens with zero attached hydrogens (tertiary/aromatic N) is 2. The van der Waals surface area contributed by atoms with Gasteiger partial charge in [0.2, 0.25) is 0 Å². The number of nitrogens with two attached hydrogens (primary N) is 1. The molecule has 0 aromatic rings. The number of likely N-dealkylation sites (N-methyl/N-ethyl adjacent to an activating group) is 2. The molecule has 4 nitrogen and oxygen atoms in total. The fourth-order valence-electron chi connectivity index (χ4n) is 1.64. The second-order valence-electron chi connectivity index (χ2n) is 4.89. The van der Waals surface area contributed by atoms with Crippen molar-refractivity contribution in [3.05, 3.63) is 0 Å². The van der Waals surface area contributed by atoms with Crippen molar-refractivity contribution in [3.63, 3.8) is 0 Å². The third kappa shape index (κ3) is 7.04. The highest BCUT2D eigenvalue weighted by Gasteiger charge is 2.30. The molecule has 8 heteroatoms. The van der Waals surface area contributed by atoms with E-state index in [2.05, 4.69) is 0 Å². The molecule has 0 heterocycles. The van der Waals surface area contributed by atoms with Gasteiger partial charge in [0.05, 0.1) is 6.54 Å². The summed E-state index contributed by atoms with van der Waals surface area (Å²) >= 11 is 0. The second kappa shape index (κ2) is 8.41. The number of rotatable bonds is 8. The topological polar surface area (TPSA) is 49.6 Å². The van der Waals surface area contributed by atoms with Crippen LogP contribution >= 0.6 is 0 Å². The minimum Gasteiger partial charge on any atom is -0.339 e. The van der Waals surface area contributed by atoms with Crippen LogP contribution in [0.25, 0.3) is 0 Å². The fraction of sp³-hybridized carbons (Fsp3) is 0.917. The molecule has 0 radical (unpaired) electrons. The highest BCUT2D eigenvalue weighted by molar-refractivity contribution is 5.81. The minimum atomic E-state index is -4.29. The zero-order valence-electron chi connectivity index (χ0n) is 12.1. The summed E-state index contributed by atoms with van der Waals surface area (Å²) in [7, 11) is 1.31. The second-order valence-corrected chi connectivity index (χ2v) is 4.89. The van der Waals surface area contributed by atoms with Gasteiger partial charge in [-0.15, -0.1) is 0 Å². The molecule has 0 aromatic carbocycles. The Kier molecular flexibility index (Phi) is 8.03. The highest BCUT2D eigenvalue weighted by atomic mass is 19.4. The molecule has 120 valence electrons. The summed E-state index contributed by atoms with van der Waals surface area (Å²) in [5.41, 5.74) is 5.30. The summed E-state index contributed by atoms with van der Waals surface area (Å²) in [6.45, 7) is 2.49. The molecule has 0 saturated carbocycles. The quantitative estimate of drug-likeness (QED) is 0.687. The van der Waals surface area contributed by atoms with Crippen LogP contribution in [-0.2, 0) is 4.79 Å².